The molecule has 142 valence electrons. The number of rotatable bonds is 6. The Morgan fingerprint density at radius 2 is 1.93 bits per heavy atom. The van der Waals surface area contributed by atoms with Crippen molar-refractivity contribution in [2.24, 2.45) is 0 Å². The van der Waals surface area contributed by atoms with Gasteiger partial charge in [-0.15, -0.1) is 0 Å². The number of benzene rings is 2. The van der Waals surface area contributed by atoms with Gasteiger partial charge in [-0.3, -0.25) is 9.59 Å². The zero-order valence-electron chi connectivity index (χ0n) is 14.9. The van der Waals surface area contributed by atoms with Gasteiger partial charge in [0.2, 0.25) is 15.9 Å². The lowest BCUT2D eigenvalue weighted by atomic mass is 10.1. The minimum Gasteiger partial charge on any atom is -0.355 e. The molecule has 0 saturated carbocycles. The number of anilines is 1. The van der Waals surface area contributed by atoms with Crippen molar-refractivity contribution in [1.82, 2.24) is 10.0 Å². The Kier molecular flexibility index (Phi) is 5.57. The Labute approximate surface area is 158 Å². The van der Waals surface area contributed by atoms with Crippen LogP contribution in [-0.2, 0) is 21.2 Å². The van der Waals surface area contributed by atoms with E-state index in [0.29, 0.717) is 18.7 Å². The third-order valence-corrected chi connectivity index (χ3v) is 5.84. The van der Waals surface area contributed by atoms with Gasteiger partial charge < -0.3 is 10.6 Å². The van der Waals surface area contributed by atoms with Crippen LogP contribution in [0.25, 0.3) is 0 Å². The normalized spacial score (nSPS) is 16.8. The van der Waals surface area contributed by atoms with Crippen LogP contribution in [0.15, 0.2) is 53.4 Å². The van der Waals surface area contributed by atoms with E-state index < -0.39 is 22.0 Å². The fraction of sp³-hybridized carbons (Fsp3) is 0.263. The van der Waals surface area contributed by atoms with E-state index in [2.05, 4.69) is 15.4 Å². The largest absolute Gasteiger partial charge is 0.355 e. The van der Waals surface area contributed by atoms with Gasteiger partial charge in [0.1, 0.15) is 6.04 Å². The van der Waals surface area contributed by atoms with Crippen molar-refractivity contribution in [1.29, 1.82) is 0 Å². The van der Waals surface area contributed by atoms with E-state index in [-0.39, 0.29) is 16.4 Å². The molecule has 1 aliphatic rings. The molecule has 1 fully saturated rings. The first-order chi connectivity index (χ1) is 12.9. The van der Waals surface area contributed by atoms with Gasteiger partial charge in [0, 0.05) is 17.8 Å². The SMILES string of the molecule is CCc1ccc(NC(=O)c2cccc(S(=O)(=O)N[C@H]3CCNC3=O)c2)cc1. The second kappa shape index (κ2) is 7.89. The monoisotopic (exact) mass is 387 g/mol. The predicted octanol–water partition coefficient (Wildman–Crippen LogP) is 1.67. The fourth-order valence-electron chi connectivity index (χ4n) is 2.79. The lowest BCUT2D eigenvalue weighted by Crippen LogP contribution is -2.40. The molecule has 1 aliphatic heterocycles. The minimum atomic E-state index is -3.91. The molecule has 3 rings (SSSR count). The first kappa shape index (κ1) is 19.1. The zero-order chi connectivity index (χ0) is 19.4. The Bertz CT molecular complexity index is 955. The first-order valence-corrected chi connectivity index (χ1v) is 10.2. The molecular weight excluding hydrogens is 366 g/mol. The maximum atomic E-state index is 12.5. The Morgan fingerprint density at radius 1 is 1.19 bits per heavy atom. The summed E-state index contributed by atoms with van der Waals surface area (Å²) >= 11 is 0. The van der Waals surface area contributed by atoms with Gasteiger partial charge in [0.15, 0.2) is 0 Å². The van der Waals surface area contributed by atoms with Crippen LogP contribution in [-0.4, -0.2) is 32.8 Å². The van der Waals surface area contributed by atoms with E-state index in [9.17, 15) is 18.0 Å². The van der Waals surface area contributed by atoms with Crippen molar-refractivity contribution in [3.05, 3.63) is 59.7 Å². The number of hydrogen-bond acceptors (Lipinski definition) is 4. The maximum Gasteiger partial charge on any atom is 0.255 e. The van der Waals surface area contributed by atoms with Crippen molar-refractivity contribution in [3.63, 3.8) is 0 Å². The highest BCUT2D eigenvalue weighted by atomic mass is 32.2. The highest BCUT2D eigenvalue weighted by Gasteiger charge is 2.29. The molecule has 27 heavy (non-hydrogen) atoms. The number of carbonyl (C=O) groups excluding carboxylic acids is 2. The summed E-state index contributed by atoms with van der Waals surface area (Å²) in [6.45, 7) is 2.48. The molecule has 1 heterocycles. The van der Waals surface area contributed by atoms with E-state index in [0.717, 1.165) is 12.0 Å². The molecule has 2 amide bonds. The van der Waals surface area contributed by atoms with Gasteiger partial charge in [-0.25, -0.2) is 8.42 Å². The summed E-state index contributed by atoms with van der Waals surface area (Å²) in [4.78, 5) is 24.0. The molecule has 0 bridgehead atoms. The maximum absolute atomic E-state index is 12.5. The topological polar surface area (TPSA) is 104 Å². The van der Waals surface area contributed by atoms with Crippen LogP contribution in [0.4, 0.5) is 5.69 Å². The molecule has 8 heteroatoms. The standard InChI is InChI=1S/C19H21N3O4S/c1-2-13-6-8-15(9-7-13)21-18(23)14-4-3-5-16(12-14)27(25,26)22-17-10-11-20-19(17)24/h3-9,12,17,22H,2,10-11H2,1H3,(H,20,24)(H,21,23)/t17-/m0/s1. The highest BCUT2D eigenvalue weighted by Crippen LogP contribution is 2.16. The fourth-order valence-corrected chi connectivity index (χ4v) is 4.07. The number of aryl methyl sites for hydroxylation is 1. The molecule has 3 N–H and O–H groups in total. The van der Waals surface area contributed by atoms with Crippen LogP contribution >= 0.6 is 0 Å². The summed E-state index contributed by atoms with van der Waals surface area (Å²) in [6, 6.07) is 12.4. The summed E-state index contributed by atoms with van der Waals surface area (Å²) in [5, 5.41) is 5.33. The van der Waals surface area contributed by atoms with Crippen LogP contribution in [0.5, 0.6) is 0 Å². The number of sulfonamides is 1. The molecule has 0 radical (unpaired) electrons. The molecule has 0 aliphatic carbocycles. The number of amides is 2. The molecule has 1 atom stereocenters. The predicted molar refractivity (Wildman–Crippen MR) is 102 cm³/mol. The quantitative estimate of drug-likeness (QED) is 0.701. The third kappa shape index (κ3) is 4.53. The number of carbonyl (C=O) groups is 2. The van der Waals surface area contributed by atoms with Crippen molar-refractivity contribution < 1.29 is 18.0 Å². The van der Waals surface area contributed by atoms with E-state index >= 15 is 0 Å². The molecule has 2 aromatic rings. The van der Waals surface area contributed by atoms with Crippen molar-refractivity contribution >= 4 is 27.5 Å². The summed E-state index contributed by atoms with van der Waals surface area (Å²) in [5.41, 5.74) is 2.00. The molecule has 1 saturated heterocycles. The van der Waals surface area contributed by atoms with Crippen LogP contribution < -0.4 is 15.4 Å². The van der Waals surface area contributed by atoms with E-state index in [1.807, 2.05) is 19.1 Å². The van der Waals surface area contributed by atoms with Crippen LogP contribution in [0.1, 0.15) is 29.3 Å². The van der Waals surface area contributed by atoms with E-state index in [4.69, 9.17) is 0 Å². The number of hydrogen-bond donors (Lipinski definition) is 3. The Hall–Kier alpha value is -2.71. The van der Waals surface area contributed by atoms with Gasteiger partial charge in [0.25, 0.3) is 5.91 Å². The molecule has 2 aromatic carbocycles. The van der Waals surface area contributed by atoms with Gasteiger partial charge in [-0.05, 0) is 48.7 Å². The molecule has 7 nitrogen and oxygen atoms in total. The second-order valence-electron chi connectivity index (χ2n) is 6.29. The van der Waals surface area contributed by atoms with E-state index in [1.54, 1.807) is 12.1 Å². The lowest BCUT2D eigenvalue weighted by molar-refractivity contribution is -0.120. The average Bonchev–Trinajstić information content (AvgIpc) is 3.06. The third-order valence-electron chi connectivity index (χ3n) is 4.37. The highest BCUT2D eigenvalue weighted by molar-refractivity contribution is 7.89. The van der Waals surface area contributed by atoms with E-state index in [1.165, 1.54) is 24.3 Å². The van der Waals surface area contributed by atoms with Crippen molar-refractivity contribution in [2.45, 2.75) is 30.7 Å². The first-order valence-electron chi connectivity index (χ1n) is 8.69. The van der Waals surface area contributed by atoms with Gasteiger partial charge in [-0.2, -0.15) is 4.72 Å². The molecule has 0 unspecified atom stereocenters. The zero-order valence-corrected chi connectivity index (χ0v) is 15.7. The summed E-state index contributed by atoms with van der Waals surface area (Å²) in [6.07, 6.45) is 1.30. The average molecular weight is 387 g/mol. The molecule has 0 aromatic heterocycles. The van der Waals surface area contributed by atoms with Crippen molar-refractivity contribution in [3.8, 4) is 0 Å². The van der Waals surface area contributed by atoms with Gasteiger partial charge in [0.05, 0.1) is 4.90 Å². The molecular formula is C19H21N3O4S. The molecule has 0 spiro atoms. The van der Waals surface area contributed by atoms with Crippen LogP contribution in [0, 0.1) is 0 Å². The Balaban J connectivity index is 1.75. The van der Waals surface area contributed by atoms with Gasteiger partial charge in [-0.1, -0.05) is 25.1 Å². The minimum absolute atomic E-state index is 0.0591. The summed E-state index contributed by atoms with van der Waals surface area (Å²) < 4.78 is 27.4. The lowest BCUT2D eigenvalue weighted by Gasteiger charge is -2.12. The van der Waals surface area contributed by atoms with Crippen molar-refractivity contribution in [2.75, 3.05) is 11.9 Å². The second-order valence-corrected chi connectivity index (χ2v) is 8.00. The summed E-state index contributed by atoms with van der Waals surface area (Å²) in [7, 11) is -3.91. The summed E-state index contributed by atoms with van der Waals surface area (Å²) in [5.74, 6) is -0.752. The Morgan fingerprint density at radius 3 is 2.56 bits per heavy atom. The smallest absolute Gasteiger partial charge is 0.255 e. The number of nitrogens with one attached hydrogen (secondary N) is 3. The van der Waals surface area contributed by atoms with Crippen LogP contribution in [0.2, 0.25) is 0 Å². The van der Waals surface area contributed by atoms with Gasteiger partial charge >= 0.3 is 0 Å². The van der Waals surface area contributed by atoms with Crippen LogP contribution in [0.3, 0.4) is 0 Å².